The number of Topliss-reactive ketones (excluding diaryl/α,β-unsaturated/α-hetero) is 1. The number of nitrogens with zero attached hydrogens (tertiary/aromatic N) is 1. The van der Waals surface area contributed by atoms with Crippen molar-refractivity contribution in [3.05, 3.63) is 0 Å². The third kappa shape index (κ3) is 7.52. The highest BCUT2D eigenvalue weighted by Crippen LogP contribution is 2.45. The predicted octanol–water partition coefficient (Wildman–Crippen LogP) is 2.51. The molecule has 210 valence electrons. The van der Waals surface area contributed by atoms with Crippen LogP contribution in [0.2, 0.25) is 0 Å². The number of carbonyl (C=O) groups is 6. The van der Waals surface area contributed by atoms with Crippen LogP contribution in [0.15, 0.2) is 0 Å². The molecule has 0 spiro atoms. The summed E-state index contributed by atoms with van der Waals surface area (Å²) in [6, 6.07) is -2.21. The summed E-state index contributed by atoms with van der Waals surface area (Å²) in [5, 5.41) is 0. The Bertz CT molecular complexity index is 913. The number of ketones is 1. The molecular weight excluding hydrogens is 486 g/mol. The Kier molecular flexibility index (Phi) is 8.71. The van der Waals surface area contributed by atoms with Gasteiger partial charge in [0.2, 0.25) is 11.9 Å². The molecule has 0 N–H and O–H groups in total. The molecule has 0 aromatic rings. The van der Waals surface area contributed by atoms with Crippen molar-refractivity contribution in [3.8, 4) is 0 Å². The Balaban J connectivity index is 3.98. The highest BCUT2D eigenvalue weighted by Gasteiger charge is 2.77. The van der Waals surface area contributed by atoms with E-state index in [2.05, 4.69) is 0 Å². The van der Waals surface area contributed by atoms with Crippen molar-refractivity contribution >= 4 is 35.6 Å². The molecule has 1 rings (SSSR count). The molecule has 0 aromatic carbocycles. The Morgan fingerprint density at radius 3 is 1.19 bits per heavy atom. The fourth-order valence-corrected chi connectivity index (χ4v) is 3.61. The van der Waals surface area contributed by atoms with Crippen molar-refractivity contribution in [2.45, 2.75) is 124 Å². The molecule has 0 bridgehead atoms. The SMILES string of the molecule is CC(=O)C1C(=O)N(C(C(=O)OC(C)(C)C)C(=O)OC(C)(C)C)C1(C(=O)OC(C)(C)C)C(=O)OC(C)(C)C. The first-order valence-corrected chi connectivity index (χ1v) is 12.0. The van der Waals surface area contributed by atoms with Crippen LogP contribution < -0.4 is 0 Å². The minimum absolute atomic E-state index is 0.420. The zero-order chi connectivity index (χ0) is 29.5. The number of β-lactam (4-membered cyclic amide) rings is 1. The Labute approximate surface area is 218 Å². The van der Waals surface area contributed by atoms with E-state index >= 15 is 0 Å². The van der Waals surface area contributed by atoms with Gasteiger partial charge in [0.25, 0.3) is 5.54 Å². The van der Waals surface area contributed by atoms with E-state index in [-0.39, 0.29) is 0 Å². The van der Waals surface area contributed by atoms with Gasteiger partial charge in [-0.15, -0.1) is 0 Å². The van der Waals surface area contributed by atoms with Crippen LogP contribution in [0.4, 0.5) is 0 Å². The van der Waals surface area contributed by atoms with Gasteiger partial charge in [0.15, 0.2) is 0 Å². The minimum atomic E-state index is -2.78. The predicted molar refractivity (Wildman–Crippen MR) is 131 cm³/mol. The van der Waals surface area contributed by atoms with E-state index in [1.54, 1.807) is 0 Å². The van der Waals surface area contributed by atoms with Gasteiger partial charge in [-0.1, -0.05) is 0 Å². The number of rotatable bonds is 6. The molecule has 37 heavy (non-hydrogen) atoms. The summed E-state index contributed by atoms with van der Waals surface area (Å²) in [7, 11) is 0. The molecule has 1 saturated heterocycles. The van der Waals surface area contributed by atoms with Crippen LogP contribution in [0.1, 0.15) is 90.0 Å². The van der Waals surface area contributed by atoms with E-state index in [0.717, 1.165) is 6.92 Å². The molecule has 11 nitrogen and oxygen atoms in total. The van der Waals surface area contributed by atoms with E-state index in [4.69, 9.17) is 18.9 Å². The molecule has 1 heterocycles. The first-order chi connectivity index (χ1) is 16.2. The Hall–Kier alpha value is -2.98. The molecule has 1 aliphatic rings. The van der Waals surface area contributed by atoms with Gasteiger partial charge in [-0.05, 0) is 90.0 Å². The van der Waals surface area contributed by atoms with Gasteiger partial charge >= 0.3 is 23.9 Å². The molecule has 0 aromatic heterocycles. The number of ether oxygens (including phenoxy) is 4. The van der Waals surface area contributed by atoms with Gasteiger partial charge in [0.1, 0.15) is 34.1 Å². The average molecular weight is 528 g/mol. The lowest BCUT2D eigenvalue weighted by atomic mass is 9.69. The maximum Gasteiger partial charge on any atom is 0.345 e. The summed E-state index contributed by atoms with van der Waals surface area (Å²) in [5.74, 6) is -9.04. The third-order valence-electron chi connectivity index (χ3n) is 4.63. The fourth-order valence-electron chi connectivity index (χ4n) is 3.61. The second-order valence-corrected chi connectivity index (χ2v) is 13.0. The molecule has 0 aliphatic carbocycles. The number of amides is 1. The van der Waals surface area contributed by atoms with E-state index in [1.807, 2.05) is 0 Å². The highest BCUT2D eigenvalue weighted by molar-refractivity contribution is 6.26. The molecular formula is C26H41NO10. The van der Waals surface area contributed by atoms with E-state index in [1.165, 1.54) is 83.1 Å². The van der Waals surface area contributed by atoms with E-state index < -0.39 is 75.5 Å². The number of hydrogen-bond donors (Lipinski definition) is 0. The lowest BCUT2D eigenvalue weighted by Crippen LogP contribution is -2.84. The van der Waals surface area contributed by atoms with Gasteiger partial charge in [-0.25, -0.2) is 19.2 Å². The molecule has 1 fully saturated rings. The van der Waals surface area contributed by atoms with Crippen LogP contribution in [-0.4, -0.2) is 74.5 Å². The largest absolute Gasteiger partial charge is 0.458 e. The molecule has 1 atom stereocenters. The third-order valence-corrected chi connectivity index (χ3v) is 4.63. The van der Waals surface area contributed by atoms with Crippen LogP contribution in [0.3, 0.4) is 0 Å². The maximum absolute atomic E-state index is 13.7. The summed E-state index contributed by atoms with van der Waals surface area (Å²) >= 11 is 0. The maximum atomic E-state index is 13.7. The van der Waals surface area contributed by atoms with Crippen molar-refractivity contribution in [2.24, 2.45) is 5.92 Å². The monoisotopic (exact) mass is 527 g/mol. The quantitative estimate of drug-likeness (QED) is 0.219. The topological polar surface area (TPSA) is 143 Å². The molecule has 11 heteroatoms. The number of likely N-dealkylation sites (tertiary alicyclic amines) is 1. The zero-order valence-electron chi connectivity index (χ0n) is 24.2. The normalized spacial score (nSPS) is 18.1. The van der Waals surface area contributed by atoms with Crippen molar-refractivity contribution in [1.82, 2.24) is 4.90 Å². The van der Waals surface area contributed by atoms with E-state index in [0.29, 0.717) is 4.90 Å². The van der Waals surface area contributed by atoms with Gasteiger partial charge in [-0.2, -0.15) is 0 Å². The molecule has 0 saturated carbocycles. The molecule has 1 unspecified atom stereocenters. The average Bonchev–Trinajstić information content (AvgIpc) is 2.56. The van der Waals surface area contributed by atoms with Gasteiger partial charge in [0.05, 0.1) is 0 Å². The Morgan fingerprint density at radius 1 is 0.649 bits per heavy atom. The molecule has 0 radical (unpaired) electrons. The van der Waals surface area contributed by atoms with Crippen LogP contribution in [0.25, 0.3) is 0 Å². The van der Waals surface area contributed by atoms with Gasteiger partial charge < -0.3 is 18.9 Å². The second-order valence-electron chi connectivity index (χ2n) is 13.0. The summed E-state index contributed by atoms with van der Waals surface area (Å²) in [6.07, 6.45) is 0. The smallest absolute Gasteiger partial charge is 0.345 e. The van der Waals surface area contributed by atoms with Crippen LogP contribution in [0.5, 0.6) is 0 Å². The summed E-state index contributed by atoms with van der Waals surface area (Å²) < 4.78 is 21.7. The number of esters is 4. The Morgan fingerprint density at radius 2 is 0.946 bits per heavy atom. The second kappa shape index (κ2) is 10.1. The van der Waals surface area contributed by atoms with Crippen molar-refractivity contribution < 1.29 is 47.7 Å². The minimum Gasteiger partial charge on any atom is -0.458 e. The number of hydrogen-bond acceptors (Lipinski definition) is 10. The van der Waals surface area contributed by atoms with Crippen LogP contribution in [-0.2, 0) is 47.7 Å². The first kappa shape index (κ1) is 32.0. The standard InChI is InChI=1S/C26H41NO10/c1-14(28)15-17(29)27(16(18(30)34-22(2,3)4)19(31)35-23(5,6)7)26(15,20(32)36-24(8,9)10)21(33)37-25(11,12)13/h15-16H,1-13H3. The summed E-state index contributed by atoms with van der Waals surface area (Å²) in [6.45, 7) is 19.3. The lowest BCUT2D eigenvalue weighted by Gasteiger charge is -2.54. The van der Waals surface area contributed by atoms with E-state index in [9.17, 15) is 28.8 Å². The van der Waals surface area contributed by atoms with Crippen molar-refractivity contribution in [1.29, 1.82) is 0 Å². The van der Waals surface area contributed by atoms with Crippen LogP contribution >= 0.6 is 0 Å². The zero-order valence-corrected chi connectivity index (χ0v) is 24.2. The highest BCUT2D eigenvalue weighted by atomic mass is 16.6. The fraction of sp³-hybridized carbons (Fsp3) is 0.769. The first-order valence-electron chi connectivity index (χ1n) is 12.0. The molecule has 1 amide bonds. The molecule has 1 aliphatic heterocycles. The number of carbonyl (C=O) groups excluding carboxylic acids is 6. The lowest BCUT2D eigenvalue weighted by molar-refractivity contribution is -0.221. The van der Waals surface area contributed by atoms with Crippen LogP contribution in [0, 0.1) is 5.92 Å². The van der Waals surface area contributed by atoms with Crippen molar-refractivity contribution in [2.75, 3.05) is 0 Å². The van der Waals surface area contributed by atoms with Gasteiger partial charge in [-0.3, -0.25) is 14.5 Å². The van der Waals surface area contributed by atoms with Crippen molar-refractivity contribution in [3.63, 3.8) is 0 Å². The summed E-state index contributed by atoms with van der Waals surface area (Å²) in [5.41, 5.74) is -7.37. The summed E-state index contributed by atoms with van der Waals surface area (Å²) in [4.78, 5) is 80.6. The van der Waals surface area contributed by atoms with Gasteiger partial charge in [0, 0.05) is 0 Å².